The lowest BCUT2D eigenvalue weighted by atomic mass is 10.1. The SMILES string of the molecule is CCCCN(CC)CC(C)(O)C(=O)OC. The monoisotopic (exact) mass is 217 g/mol. The fraction of sp³-hybridized carbons (Fsp3) is 0.909. The van der Waals surface area contributed by atoms with Crippen LogP contribution in [0.5, 0.6) is 0 Å². The highest BCUT2D eigenvalue weighted by Crippen LogP contribution is 2.09. The van der Waals surface area contributed by atoms with E-state index in [0.29, 0.717) is 6.54 Å². The molecule has 0 saturated heterocycles. The normalized spacial score (nSPS) is 15.1. The zero-order valence-corrected chi connectivity index (χ0v) is 10.2. The van der Waals surface area contributed by atoms with Crippen LogP contribution >= 0.6 is 0 Å². The maximum atomic E-state index is 11.3. The Morgan fingerprint density at radius 1 is 1.47 bits per heavy atom. The number of nitrogens with zero attached hydrogens (tertiary/aromatic N) is 1. The Kier molecular flexibility index (Phi) is 6.52. The van der Waals surface area contributed by atoms with Gasteiger partial charge in [0.25, 0.3) is 0 Å². The van der Waals surface area contributed by atoms with Crippen molar-refractivity contribution < 1.29 is 14.6 Å². The van der Waals surface area contributed by atoms with Gasteiger partial charge in [-0.1, -0.05) is 20.3 Å². The summed E-state index contributed by atoms with van der Waals surface area (Å²) in [6, 6.07) is 0. The summed E-state index contributed by atoms with van der Waals surface area (Å²) < 4.78 is 4.55. The van der Waals surface area contributed by atoms with Gasteiger partial charge < -0.3 is 14.7 Å². The molecule has 0 fully saturated rings. The van der Waals surface area contributed by atoms with Crippen LogP contribution in [-0.2, 0) is 9.53 Å². The zero-order chi connectivity index (χ0) is 11.9. The first-order valence-corrected chi connectivity index (χ1v) is 5.51. The van der Waals surface area contributed by atoms with E-state index in [2.05, 4.69) is 16.6 Å². The first kappa shape index (κ1) is 14.4. The molecule has 1 unspecified atom stereocenters. The van der Waals surface area contributed by atoms with Crippen molar-refractivity contribution in [2.75, 3.05) is 26.7 Å². The number of carbonyl (C=O) groups excluding carboxylic acids is 1. The van der Waals surface area contributed by atoms with Gasteiger partial charge in [0.1, 0.15) is 0 Å². The fourth-order valence-electron chi connectivity index (χ4n) is 1.45. The van der Waals surface area contributed by atoms with E-state index < -0.39 is 11.6 Å². The second-order valence-corrected chi connectivity index (χ2v) is 3.99. The lowest BCUT2D eigenvalue weighted by Crippen LogP contribution is -2.47. The molecule has 0 spiro atoms. The van der Waals surface area contributed by atoms with E-state index >= 15 is 0 Å². The Morgan fingerprint density at radius 2 is 2.07 bits per heavy atom. The van der Waals surface area contributed by atoms with E-state index in [4.69, 9.17) is 0 Å². The van der Waals surface area contributed by atoms with Gasteiger partial charge in [-0.3, -0.25) is 0 Å². The van der Waals surface area contributed by atoms with Crippen molar-refractivity contribution in [3.8, 4) is 0 Å². The van der Waals surface area contributed by atoms with Crippen molar-refractivity contribution in [1.82, 2.24) is 4.90 Å². The predicted molar refractivity (Wildman–Crippen MR) is 59.7 cm³/mol. The van der Waals surface area contributed by atoms with Gasteiger partial charge in [-0.2, -0.15) is 0 Å². The number of carbonyl (C=O) groups is 1. The molecule has 0 aromatic heterocycles. The van der Waals surface area contributed by atoms with Crippen molar-refractivity contribution in [2.24, 2.45) is 0 Å². The Morgan fingerprint density at radius 3 is 2.47 bits per heavy atom. The largest absolute Gasteiger partial charge is 0.467 e. The molecule has 0 bridgehead atoms. The minimum absolute atomic E-state index is 0.330. The average molecular weight is 217 g/mol. The molecule has 4 nitrogen and oxygen atoms in total. The van der Waals surface area contributed by atoms with E-state index in [1.54, 1.807) is 0 Å². The third-order valence-corrected chi connectivity index (χ3v) is 2.43. The number of aliphatic hydroxyl groups is 1. The van der Waals surface area contributed by atoms with Gasteiger partial charge in [0.15, 0.2) is 5.60 Å². The van der Waals surface area contributed by atoms with Crippen LogP contribution in [0.3, 0.4) is 0 Å². The van der Waals surface area contributed by atoms with Gasteiger partial charge in [0.05, 0.1) is 7.11 Å². The van der Waals surface area contributed by atoms with Crippen LogP contribution in [0, 0.1) is 0 Å². The van der Waals surface area contributed by atoms with Gasteiger partial charge in [0.2, 0.25) is 0 Å². The summed E-state index contributed by atoms with van der Waals surface area (Å²) in [6.45, 7) is 7.69. The lowest BCUT2D eigenvalue weighted by molar-refractivity contribution is -0.162. The summed E-state index contributed by atoms with van der Waals surface area (Å²) in [4.78, 5) is 13.3. The van der Waals surface area contributed by atoms with Crippen molar-refractivity contribution in [3.05, 3.63) is 0 Å². The number of likely N-dealkylation sites (N-methyl/N-ethyl adjacent to an activating group) is 1. The third kappa shape index (κ3) is 5.14. The molecule has 0 radical (unpaired) electrons. The summed E-state index contributed by atoms with van der Waals surface area (Å²) >= 11 is 0. The molecule has 0 rings (SSSR count). The van der Waals surface area contributed by atoms with E-state index in [-0.39, 0.29) is 0 Å². The van der Waals surface area contributed by atoms with Gasteiger partial charge in [-0.25, -0.2) is 4.79 Å². The number of hydrogen-bond donors (Lipinski definition) is 1. The summed E-state index contributed by atoms with van der Waals surface area (Å²) in [5.41, 5.74) is -1.40. The molecule has 90 valence electrons. The molecule has 0 aliphatic carbocycles. The number of rotatable bonds is 7. The van der Waals surface area contributed by atoms with E-state index in [1.807, 2.05) is 6.92 Å². The minimum atomic E-state index is -1.40. The molecule has 0 aliphatic heterocycles. The number of hydrogen-bond acceptors (Lipinski definition) is 4. The van der Waals surface area contributed by atoms with Crippen LogP contribution in [0.2, 0.25) is 0 Å². The quantitative estimate of drug-likeness (QED) is 0.647. The second kappa shape index (κ2) is 6.80. The van der Waals surface area contributed by atoms with Crippen molar-refractivity contribution in [1.29, 1.82) is 0 Å². The van der Waals surface area contributed by atoms with Crippen molar-refractivity contribution in [3.63, 3.8) is 0 Å². The summed E-state index contributed by atoms with van der Waals surface area (Å²) in [7, 11) is 1.29. The number of ether oxygens (including phenoxy) is 1. The Hall–Kier alpha value is -0.610. The second-order valence-electron chi connectivity index (χ2n) is 3.99. The molecular weight excluding hydrogens is 194 g/mol. The highest BCUT2D eigenvalue weighted by molar-refractivity contribution is 5.78. The zero-order valence-electron chi connectivity index (χ0n) is 10.2. The molecule has 0 heterocycles. The standard InChI is InChI=1S/C11H23NO3/c1-5-7-8-12(6-2)9-11(3,14)10(13)15-4/h14H,5-9H2,1-4H3. The predicted octanol–water partition coefficient (Wildman–Crippen LogP) is 1.03. The maximum Gasteiger partial charge on any atom is 0.338 e. The number of unbranched alkanes of at least 4 members (excludes halogenated alkanes) is 1. The van der Waals surface area contributed by atoms with Crippen LogP contribution in [0.15, 0.2) is 0 Å². The molecule has 0 aromatic carbocycles. The smallest absolute Gasteiger partial charge is 0.338 e. The van der Waals surface area contributed by atoms with E-state index in [9.17, 15) is 9.90 Å². The number of methoxy groups -OCH3 is 1. The van der Waals surface area contributed by atoms with E-state index in [0.717, 1.165) is 25.9 Å². The Bertz CT molecular complexity index is 192. The molecule has 1 atom stereocenters. The molecule has 0 amide bonds. The Labute approximate surface area is 92.2 Å². The minimum Gasteiger partial charge on any atom is -0.467 e. The molecule has 1 N–H and O–H groups in total. The molecule has 0 saturated carbocycles. The van der Waals surface area contributed by atoms with Crippen LogP contribution in [0.1, 0.15) is 33.6 Å². The van der Waals surface area contributed by atoms with Crippen LogP contribution in [-0.4, -0.2) is 48.3 Å². The molecule has 0 aliphatic rings. The molecule has 15 heavy (non-hydrogen) atoms. The Balaban J connectivity index is 4.20. The fourth-order valence-corrected chi connectivity index (χ4v) is 1.45. The summed E-state index contributed by atoms with van der Waals surface area (Å²) in [6.07, 6.45) is 2.18. The van der Waals surface area contributed by atoms with Crippen molar-refractivity contribution in [2.45, 2.75) is 39.2 Å². The topological polar surface area (TPSA) is 49.8 Å². The van der Waals surface area contributed by atoms with Crippen molar-refractivity contribution >= 4 is 5.97 Å². The first-order chi connectivity index (χ1) is 6.97. The van der Waals surface area contributed by atoms with Gasteiger partial charge in [0, 0.05) is 6.54 Å². The van der Waals surface area contributed by atoms with Gasteiger partial charge >= 0.3 is 5.97 Å². The van der Waals surface area contributed by atoms with Gasteiger partial charge in [-0.05, 0) is 26.4 Å². The van der Waals surface area contributed by atoms with Crippen LogP contribution in [0.25, 0.3) is 0 Å². The molecule has 0 aromatic rings. The lowest BCUT2D eigenvalue weighted by Gasteiger charge is -2.28. The first-order valence-electron chi connectivity index (χ1n) is 5.51. The molecule has 4 heteroatoms. The number of esters is 1. The third-order valence-electron chi connectivity index (χ3n) is 2.43. The summed E-state index contributed by atoms with van der Waals surface area (Å²) in [5, 5.41) is 9.87. The average Bonchev–Trinajstić information content (AvgIpc) is 2.22. The highest BCUT2D eigenvalue weighted by atomic mass is 16.5. The molecular formula is C11H23NO3. The van der Waals surface area contributed by atoms with Gasteiger partial charge in [-0.15, -0.1) is 0 Å². The maximum absolute atomic E-state index is 11.3. The van der Waals surface area contributed by atoms with E-state index in [1.165, 1.54) is 14.0 Å². The highest BCUT2D eigenvalue weighted by Gasteiger charge is 2.33. The summed E-state index contributed by atoms with van der Waals surface area (Å²) in [5.74, 6) is -0.572. The van der Waals surface area contributed by atoms with Crippen LogP contribution < -0.4 is 0 Å². The van der Waals surface area contributed by atoms with Crippen LogP contribution in [0.4, 0.5) is 0 Å².